The number of hydrogen-bond donors (Lipinski definition) is 0. The van der Waals surface area contributed by atoms with Gasteiger partial charge in [-0.25, -0.2) is 9.64 Å². The molecule has 25 heavy (non-hydrogen) atoms. The van der Waals surface area contributed by atoms with Crippen molar-refractivity contribution in [1.82, 2.24) is 0 Å². The Hall–Kier alpha value is -3.59. The predicted molar refractivity (Wildman–Crippen MR) is 91.7 cm³/mol. The highest BCUT2D eigenvalue weighted by Gasteiger charge is 2.18. The van der Waals surface area contributed by atoms with Crippen LogP contribution in [0.4, 0.5) is 5.69 Å². The van der Waals surface area contributed by atoms with Gasteiger partial charge in [0.05, 0.1) is 26.2 Å². The smallest absolute Gasteiger partial charge is 0.347 e. The summed E-state index contributed by atoms with van der Waals surface area (Å²) in [6, 6.07) is 10.7. The van der Waals surface area contributed by atoms with Gasteiger partial charge in [-0.05, 0) is 6.07 Å². The van der Waals surface area contributed by atoms with Crippen molar-refractivity contribution in [2.45, 2.75) is 0 Å². The monoisotopic (exact) mass is 335 g/mol. The number of carbonyl (C=O) groups is 1. The van der Waals surface area contributed by atoms with E-state index in [1.165, 1.54) is 44.6 Å². The molecule has 3 aromatic rings. The Morgan fingerprint density at radius 1 is 1.08 bits per heavy atom. The molecular weight excluding hydrogens is 322 g/mol. The Labute approximate surface area is 143 Å². The molecule has 0 aliphatic carbocycles. The maximum atomic E-state index is 12.6. The van der Waals surface area contributed by atoms with Crippen LogP contribution in [0, 0.1) is 6.57 Å². The van der Waals surface area contributed by atoms with Gasteiger partial charge in [-0.3, -0.25) is 4.79 Å². The summed E-state index contributed by atoms with van der Waals surface area (Å²) in [5, 5.41) is 0.490. The van der Waals surface area contributed by atoms with Crippen molar-refractivity contribution in [3.63, 3.8) is 0 Å². The highest BCUT2D eigenvalue weighted by molar-refractivity contribution is 6.10. The Kier molecular flexibility index (Phi) is 4.23. The summed E-state index contributed by atoms with van der Waals surface area (Å²) in [6.07, 6.45) is 0. The van der Waals surface area contributed by atoms with Crippen LogP contribution >= 0.6 is 0 Å². The molecule has 0 fully saturated rings. The van der Waals surface area contributed by atoms with E-state index in [4.69, 9.17) is 20.5 Å². The molecule has 1 aromatic heterocycles. The third-order valence-electron chi connectivity index (χ3n) is 3.75. The number of nitrogens with zero attached hydrogens (tertiary/aromatic N) is 1. The van der Waals surface area contributed by atoms with Crippen LogP contribution in [0.3, 0.4) is 0 Å². The van der Waals surface area contributed by atoms with Crippen LogP contribution in [-0.2, 0) is 0 Å². The normalized spacial score (nSPS) is 10.3. The largest absolute Gasteiger partial charge is 0.496 e. The van der Waals surface area contributed by atoms with E-state index in [0.29, 0.717) is 28.1 Å². The highest BCUT2D eigenvalue weighted by Crippen LogP contribution is 2.31. The van der Waals surface area contributed by atoms with Crippen LogP contribution in [0.25, 0.3) is 15.8 Å². The van der Waals surface area contributed by atoms with Gasteiger partial charge in [0, 0.05) is 17.7 Å². The molecule has 3 rings (SSSR count). The molecule has 0 saturated heterocycles. The van der Waals surface area contributed by atoms with E-state index in [2.05, 4.69) is 4.85 Å². The van der Waals surface area contributed by atoms with Crippen molar-refractivity contribution >= 4 is 22.4 Å². The Morgan fingerprint density at radius 2 is 1.80 bits per heavy atom. The van der Waals surface area contributed by atoms with Gasteiger partial charge in [-0.1, -0.05) is 24.3 Å². The van der Waals surface area contributed by atoms with Crippen LogP contribution in [0.15, 0.2) is 51.7 Å². The lowest BCUT2D eigenvalue weighted by atomic mass is 10.0. The zero-order valence-corrected chi connectivity index (χ0v) is 13.5. The van der Waals surface area contributed by atoms with Crippen molar-refractivity contribution in [1.29, 1.82) is 0 Å². The first kappa shape index (κ1) is 16.3. The first-order valence-corrected chi connectivity index (χ1v) is 7.29. The molecular formula is C19H13NO5. The molecule has 0 bridgehead atoms. The van der Waals surface area contributed by atoms with Crippen molar-refractivity contribution in [2.75, 3.05) is 14.2 Å². The molecule has 1 heterocycles. The Morgan fingerprint density at radius 3 is 2.40 bits per heavy atom. The number of fused-ring (bicyclic) bond motifs is 1. The lowest BCUT2D eigenvalue weighted by molar-refractivity contribution is 0.103. The molecule has 0 aliphatic rings. The fourth-order valence-electron chi connectivity index (χ4n) is 2.45. The summed E-state index contributed by atoms with van der Waals surface area (Å²) in [5.74, 6) is 0.418. The number of rotatable bonds is 4. The van der Waals surface area contributed by atoms with Crippen LogP contribution in [0.5, 0.6) is 11.5 Å². The minimum absolute atomic E-state index is 0.105. The molecule has 0 unspecified atom stereocenters. The summed E-state index contributed by atoms with van der Waals surface area (Å²) < 4.78 is 15.7. The molecule has 0 saturated carbocycles. The quantitative estimate of drug-likeness (QED) is 0.414. The third-order valence-corrected chi connectivity index (χ3v) is 3.75. The average molecular weight is 335 g/mol. The highest BCUT2D eigenvalue weighted by atomic mass is 16.5. The first-order valence-electron chi connectivity index (χ1n) is 7.29. The summed E-state index contributed by atoms with van der Waals surface area (Å²) in [5.41, 5.74) is 0.122. The van der Waals surface area contributed by atoms with Gasteiger partial charge in [-0.15, -0.1) is 0 Å². The van der Waals surface area contributed by atoms with Gasteiger partial charge in [0.15, 0.2) is 11.5 Å². The third kappa shape index (κ3) is 2.95. The molecule has 0 aliphatic heterocycles. The Bertz CT molecular complexity index is 1060. The van der Waals surface area contributed by atoms with Crippen molar-refractivity contribution in [3.05, 3.63) is 75.4 Å². The minimum atomic E-state index is -0.748. The van der Waals surface area contributed by atoms with E-state index >= 15 is 0 Å². The van der Waals surface area contributed by atoms with Crippen LogP contribution in [-0.4, -0.2) is 20.0 Å². The molecule has 6 heteroatoms. The van der Waals surface area contributed by atoms with Gasteiger partial charge < -0.3 is 13.9 Å². The van der Waals surface area contributed by atoms with E-state index < -0.39 is 11.4 Å². The van der Waals surface area contributed by atoms with Gasteiger partial charge in [0.1, 0.15) is 22.6 Å². The summed E-state index contributed by atoms with van der Waals surface area (Å²) >= 11 is 0. The van der Waals surface area contributed by atoms with Gasteiger partial charge in [0.2, 0.25) is 0 Å². The lowest BCUT2D eigenvalue weighted by Crippen LogP contribution is -2.14. The number of benzene rings is 2. The number of carbonyl (C=O) groups excluding carboxylic acids is 1. The molecule has 6 nitrogen and oxygen atoms in total. The Balaban J connectivity index is 2.15. The molecule has 124 valence electrons. The summed E-state index contributed by atoms with van der Waals surface area (Å²) in [7, 11) is 2.97. The van der Waals surface area contributed by atoms with Crippen molar-refractivity contribution in [2.24, 2.45) is 0 Å². The standard InChI is InChI=1S/C19H13NO5/c1-20-12-6-4-11(5-7-12)18(21)15-10-14-16(24-3)8-13(23-2)9-17(14)25-19(15)22/h4-10H,2-3H3. The number of ether oxygens (including phenoxy) is 2. The van der Waals surface area contributed by atoms with E-state index in [9.17, 15) is 9.59 Å². The van der Waals surface area contributed by atoms with E-state index in [1.807, 2.05) is 0 Å². The second-order valence-corrected chi connectivity index (χ2v) is 5.18. The molecule has 0 amide bonds. The SMILES string of the molecule is [C-]#[N+]c1ccc(C(=O)c2cc3c(OC)cc(OC)cc3oc2=O)cc1. The van der Waals surface area contributed by atoms with Crippen LogP contribution < -0.4 is 15.1 Å². The predicted octanol–water partition coefficient (Wildman–Crippen LogP) is 3.59. The van der Waals surface area contributed by atoms with E-state index in [1.54, 1.807) is 12.1 Å². The fraction of sp³-hybridized carbons (Fsp3) is 0.105. The molecule has 2 aromatic carbocycles. The summed E-state index contributed by atoms with van der Waals surface area (Å²) in [4.78, 5) is 28.2. The minimum Gasteiger partial charge on any atom is -0.496 e. The zero-order valence-electron chi connectivity index (χ0n) is 13.5. The van der Waals surface area contributed by atoms with Gasteiger partial charge in [0.25, 0.3) is 0 Å². The van der Waals surface area contributed by atoms with Crippen LogP contribution in [0.2, 0.25) is 0 Å². The van der Waals surface area contributed by atoms with E-state index in [0.717, 1.165) is 0 Å². The maximum Gasteiger partial charge on any atom is 0.347 e. The fourth-order valence-corrected chi connectivity index (χ4v) is 2.45. The molecule has 0 atom stereocenters. The second-order valence-electron chi connectivity index (χ2n) is 5.18. The van der Waals surface area contributed by atoms with E-state index in [-0.39, 0.29) is 11.1 Å². The number of ketones is 1. The topological polar surface area (TPSA) is 70.1 Å². The van der Waals surface area contributed by atoms with Crippen molar-refractivity contribution in [3.8, 4) is 11.5 Å². The van der Waals surface area contributed by atoms with Gasteiger partial charge in [-0.2, -0.15) is 0 Å². The number of hydrogen-bond acceptors (Lipinski definition) is 5. The average Bonchev–Trinajstić information content (AvgIpc) is 2.65. The zero-order chi connectivity index (χ0) is 18.0. The number of methoxy groups -OCH3 is 2. The maximum absolute atomic E-state index is 12.6. The molecule has 0 radical (unpaired) electrons. The van der Waals surface area contributed by atoms with Gasteiger partial charge >= 0.3 is 5.63 Å². The summed E-state index contributed by atoms with van der Waals surface area (Å²) in [6.45, 7) is 6.94. The lowest BCUT2D eigenvalue weighted by Gasteiger charge is -2.09. The second kappa shape index (κ2) is 6.49. The molecule has 0 N–H and O–H groups in total. The first-order chi connectivity index (χ1) is 12.1. The van der Waals surface area contributed by atoms with Crippen LogP contribution in [0.1, 0.15) is 15.9 Å². The molecule has 0 spiro atoms. The van der Waals surface area contributed by atoms with Crippen molar-refractivity contribution < 1.29 is 18.7 Å².